The Morgan fingerprint density at radius 2 is 2.21 bits per heavy atom. The third kappa shape index (κ3) is 4.13. The predicted octanol–water partition coefficient (Wildman–Crippen LogP) is 3.44. The van der Waals surface area contributed by atoms with Gasteiger partial charge in [-0.3, -0.25) is 0 Å². The third-order valence-electron chi connectivity index (χ3n) is 2.65. The average Bonchev–Trinajstić information content (AvgIpc) is 2.87. The third-order valence-corrected chi connectivity index (χ3v) is 3.59. The van der Waals surface area contributed by atoms with Crippen molar-refractivity contribution in [3.05, 3.63) is 40.9 Å². The number of benzene rings is 1. The Hall–Kier alpha value is -1.23. The van der Waals surface area contributed by atoms with Crippen LogP contribution < -0.4 is 5.73 Å². The Morgan fingerprint density at radius 3 is 2.89 bits per heavy atom. The van der Waals surface area contributed by atoms with E-state index in [0.29, 0.717) is 19.1 Å². The summed E-state index contributed by atoms with van der Waals surface area (Å²) in [5.74, 6) is 0.564. The van der Waals surface area contributed by atoms with Crippen LogP contribution in [0, 0.1) is 5.92 Å². The monoisotopic (exact) mass is 276 g/mol. The fraction of sp³-hybridized carbons (Fsp3) is 0.400. The summed E-state index contributed by atoms with van der Waals surface area (Å²) < 4.78 is 5.66. The maximum atomic E-state index is 5.66. The number of hydrogen-bond acceptors (Lipinski definition) is 4. The molecule has 0 bridgehead atoms. The zero-order valence-electron chi connectivity index (χ0n) is 11.4. The fourth-order valence-corrected chi connectivity index (χ4v) is 2.57. The molecule has 102 valence electrons. The zero-order chi connectivity index (χ0) is 13.7. The highest BCUT2D eigenvalue weighted by atomic mass is 32.1. The van der Waals surface area contributed by atoms with Crippen molar-refractivity contribution < 1.29 is 4.74 Å². The molecular formula is C15H20N2OS. The first kappa shape index (κ1) is 14.2. The summed E-state index contributed by atoms with van der Waals surface area (Å²) in [6, 6.07) is 8.35. The van der Waals surface area contributed by atoms with E-state index in [0.717, 1.165) is 22.9 Å². The molecule has 4 heteroatoms. The summed E-state index contributed by atoms with van der Waals surface area (Å²) in [6.07, 6.45) is 0. The highest BCUT2D eigenvalue weighted by Gasteiger charge is 2.05. The first-order valence-electron chi connectivity index (χ1n) is 6.50. The molecule has 0 aliphatic heterocycles. The van der Waals surface area contributed by atoms with Crippen molar-refractivity contribution in [2.75, 3.05) is 6.61 Å². The van der Waals surface area contributed by atoms with Crippen molar-refractivity contribution in [2.45, 2.75) is 27.0 Å². The Labute approximate surface area is 118 Å². The van der Waals surface area contributed by atoms with Crippen LogP contribution >= 0.6 is 11.3 Å². The van der Waals surface area contributed by atoms with Gasteiger partial charge in [0.25, 0.3) is 0 Å². The number of rotatable bonds is 6. The Kier molecular flexibility index (Phi) is 5.07. The molecule has 1 heterocycles. The summed E-state index contributed by atoms with van der Waals surface area (Å²) in [6.45, 7) is 6.24. The lowest BCUT2D eigenvalue weighted by Crippen LogP contribution is -2.01. The molecule has 0 spiro atoms. The molecule has 19 heavy (non-hydrogen) atoms. The molecular weight excluding hydrogens is 256 g/mol. The minimum atomic E-state index is 0.494. The van der Waals surface area contributed by atoms with Crippen LogP contribution in [0.3, 0.4) is 0 Å². The van der Waals surface area contributed by atoms with Crippen molar-refractivity contribution in [2.24, 2.45) is 11.7 Å². The van der Waals surface area contributed by atoms with Crippen LogP contribution in [0.1, 0.15) is 25.1 Å². The van der Waals surface area contributed by atoms with Gasteiger partial charge in [-0.2, -0.15) is 0 Å². The Balaban J connectivity index is 2.06. The first-order valence-corrected chi connectivity index (χ1v) is 7.38. The van der Waals surface area contributed by atoms with E-state index in [2.05, 4.69) is 37.0 Å². The largest absolute Gasteiger partial charge is 0.377 e. The van der Waals surface area contributed by atoms with Gasteiger partial charge in [-0.25, -0.2) is 4.98 Å². The molecule has 0 fully saturated rings. The van der Waals surface area contributed by atoms with Crippen LogP contribution in [0.2, 0.25) is 0 Å². The molecule has 2 N–H and O–H groups in total. The molecule has 0 saturated heterocycles. The van der Waals surface area contributed by atoms with E-state index in [-0.39, 0.29) is 0 Å². The van der Waals surface area contributed by atoms with E-state index in [1.54, 1.807) is 11.3 Å². The van der Waals surface area contributed by atoms with Crippen molar-refractivity contribution in [1.29, 1.82) is 0 Å². The van der Waals surface area contributed by atoms with Crippen LogP contribution in [0.4, 0.5) is 0 Å². The van der Waals surface area contributed by atoms with E-state index in [9.17, 15) is 0 Å². The molecule has 0 radical (unpaired) electrons. The SMILES string of the molecule is CC(C)COCc1cccc(-c2nc(CN)cs2)c1. The van der Waals surface area contributed by atoms with Crippen LogP contribution in [0.25, 0.3) is 10.6 Å². The summed E-state index contributed by atoms with van der Waals surface area (Å²) in [5, 5.41) is 3.03. The summed E-state index contributed by atoms with van der Waals surface area (Å²) in [7, 11) is 0. The number of ether oxygens (including phenoxy) is 1. The molecule has 1 aromatic carbocycles. The Bertz CT molecular complexity index is 522. The Morgan fingerprint density at radius 1 is 1.37 bits per heavy atom. The normalized spacial score (nSPS) is 11.2. The second-order valence-electron chi connectivity index (χ2n) is 4.96. The molecule has 3 nitrogen and oxygen atoms in total. The molecule has 0 aliphatic carbocycles. The maximum Gasteiger partial charge on any atom is 0.123 e. The summed E-state index contributed by atoms with van der Waals surface area (Å²) >= 11 is 1.63. The minimum Gasteiger partial charge on any atom is -0.377 e. The van der Waals surface area contributed by atoms with Gasteiger partial charge in [0.05, 0.1) is 12.3 Å². The fourth-order valence-electron chi connectivity index (χ4n) is 1.74. The van der Waals surface area contributed by atoms with Crippen molar-refractivity contribution >= 4 is 11.3 Å². The van der Waals surface area contributed by atoms with Crippen LogP contribution in [-0.4, -0.2) is 11.6 Å². The number of nitrogens with zero attached hydrogens (tertiary/aromatic N) is 1. The van der Waals surface area contributed by atoms with Gasteiger partial charge >= 0.3 is 0 Å². The van der Waals surface area contributed by atoms with Gasteiger partial charge in [-0.15, -0.1) is 11.3 Å². The second kappa shape index (κ2) is 6.80. The van der Waals surface area contributed by atoms with E-state index in [4.69, 9.17) is 10.5 Å². The molecule has 1 aromatic heterocycles. The van der Waals surface area contributed by atoms with Crippen LogP contribution in [0.5, 0.6) is 0 Å². The molecule has 0 atom stereocenters. The molecule has 0 amide bonds. The van der Waals surface area contributed by atoms with Crippen molar-refractivity contribution in [3.63, 3.8) is 0 Å². The standard InChI is InChI=1S/C15H20N2OS/c1-11(2)8-18-9-12-4-3-5-13(6-12)15-17-14(7-16)10-19-15/h3-6,10-11H,7-9,16H2,1-2H3. The lowest BCUT2D eigenvalue weighted by atomic mass is 10.1. The van der Waals surface area contributed by atoms with E-state index < -0.39 is 0 Å². The smallest absolute Gasteiger partial charge is 0.123 e. The van der Waals surface area contributed by atoms with Gasteiger partial charge in [-0.05, 0) is 17.5 Å². The minimum absolute atomic E-state index is 0.494. The molecule has 0 unspecified atom stereocenters. The van der Waals surface area contributed by atoms with Gasteiger partial charge < -0.3 is 10.5 Å². The van der Waals surface area contributed by atoms with E-state index in [1.807, 2.05) is 11.4 Å². The predicted molar refractivity (Wildman–Crippen MR) is 79.9 cm³/mol. The number of thiazole rings is 1. The zero-order valence-corrected chi connectivity index (χ0v) is 12.2. The summed E-state index contributed by atoms with van der Waals surface area (Å²) in [5.41, 5.74) is 8.85. The highest BCUT2D eigenvalue weighted by molar-refractivity contribution is 7.13. The molecule has 0 aliphatic rings. The maximum absolute atomic E-state index is 5.66. The van der Waals surface area contributed by atoms with Crippen molar-refractivity contribution in [1.82, 2.24) is 4.98 Å². The quantitative estimate of drug-likeness (QED) is 0.879. The van der Waals surface area contributed by atoms with Crippen LogP contribution in [0.15, 0.2) is 29.6 Å². The van der Waals surface area contributed by atoms with Gasteiger partial charge in [0.15, 0.2) is 0 Å². The van der Waals surface area contributed by atoms with Gasteiger partial charge in [0.2, 0.25) is 0 Å². The lowest BCUT2D eigenvalue weighted by Gasteiger charge is -2.07. The molecule has 2 aromatic rings. The van der Waals surface area contributed by atoms with Gasteiger partial charge in [-0.1, -0.05) is 32.0 Å². The van der Waals surface area contributed by atoms with E-state index in [1.165, 1.54) is 5.56 Å². The van der Waals surface area contributed by atoms with Gasteiger partial charge in [0.1, 0.15) is 5.01 Å². The lowest BCUT2D eigenvalue weighted by molar-refractivity contribution is 0.0971. The molecule has 2 rings (SSSR count). The van der Waals surface area contributed by atoms with Crippen molar-refractivity contribution in [3.8, 4) is 10.6 Å². The van der Waals surface area contributed by atoms with Gasteiger partial charge in [0, 0.05) is 24.1 Å². The molecule has 0 saturated carbocycles. The first-order chi connectivity index (χ1) is 9.19. The highest BCUT2D eigenvalue weighted by Crippen LogP contribution is 2.24. The number of nitrogens with two attached hydrogens (primary N) is 1. The number of aromatic nitrogens is 1. The van der Waals surface area contributed by atoms with Crippen LogP contribution in [-0.2, 0) is 17.9 Å². The summed E-state index contributed by atoms with van der Waals surface area (Å²) in [4.78, 5) is 4.50. The second-order valence-corrected chi connectivity index (χ2v) is 5.82. The topological polar surface area (TPSA) is 48.1 Å². The average molecular weight is 276 g/mol. The van der Waals surface area contributed by atoms with E-state index >= 15 is 0 Å². The number of hydrogen-bond donors (Lipinski definition) is 1.